The number of nitriles is 1. The third-order valence-electron chi connectivity index (χ3n) is 2.91. The third-order valence-corrected chi connectivity index (χ3v) is 2.91. The molecule has 0 radical (unpaired) electrons. The highest BCUT2D eigenvalue weighted by Crippen LogP contribution is 2.34. The fourth-order valence-corrected chi connectivity index (χ4v) is 1.91. The number of benzene rings is 1. The molecule has 0 aliphatic rings. The van der Waals surface area contributed by atoms with Crippen molar-refractivity contribution in [2.24, 2.45) is 0 Å². The Bertz CT molecular complexity index is 509. The molecule has 0 aliphatic carbocycles. The molecule has 1 aromatic rings. The van der Waals surface area contributed by atoms with E-state index in [1.165, 1.54) is 0 Å². The summed E-state index contributed by atoms with van der Waals surface area (Å²) in [5.41, 5.74) is 3.84. The van der Waals surface area contributed by atoms with Crippen molar-refractivity contribution < 1.29 is 4.74 Å². The van der Waals surface area contributed by atoms with E-state index in [1.807, 2.05) is 26.0 Å². The van der Waals surface area contributed by atoms with Crippen LogP contribution >= 0.6 is 0 Å². The second kappa shape index (κ2) is 5.27. The minimum Gasteiger partial charge on any atom is -0.496 e. The molecule has 0 fully saturated rings. The Morgan fingerprint density at radius 2 is 1.83 bits per heavy atom. The zero-order valence-corrected chi connectivity index (χ0v) is 12.1. The van der Waals surface area contributed by atoms with Crippen molar-refractivity contribution in [3.63, 3.8) is 0 Å². The lowest BCUT2D eigenvalue weighted by molar-refractivity contribution is 0.397. The quantitative estimate of drug-likeness (QED) is 0.725. The number of rotatable bonds is 2. The molecular weight excluding hydrogens is 222 g/mol. The van der Waals surface area contributed by atoms with E-state index in [2.05, 4.69) is 32.9 Å². The number of allylic oxidation sites excluding steroid dienone is 2. The predicted octanol–water partition coefficient (Wildman–Crippen LogP) is 4.31. The van der Waals surface area contributed by atoms with Gasteiger partial charge in [-0.25, -0.2) is 0 Å². The van der Waals surface area contributed by atoms with Crippen LogP contribution in [0.5, 0.6) is 5.75 Å². The average molecular weight is 243 g/mol. The van der Waals surface area contributed by atoms with Crippen molar-refractivity contribution in [3.05, 3.63) is 34.9 Å². The second-order valence-corrected chi connectivity index (χ2v) is 5.65. The van der Waals surface area contributed by atoms with Crippen molar-refractivity contribution in [1.29, 1.82) is 5.26 Å². The summed E-state index contributed by atoms with van der Waals surface area (Å²) in [6.07, 6.45) is 0. The molecule has 0 heterocycles. The van der Waals surface area contributed by atoms with Crippen molar-refractivity contribution in [2.75, 3.05) is 7.11 Å². The summed E-state index contributed by atoms with van der Waals surface area (Å²) in [4.78, 5) is 0. The van der Waals surface area contributed by atoms with Crippen molar-refractivity contribution in [1.82, 2.24) is 0 Å². The lowest BCUT2D eigenvalue weighted by Gasteiger charge is -2.23. The molecule has 0 saturated carbocycles. The predicted molar refractivity (Wildman–Crippen MR) is 75.6 cm³/mol. The molecule has 18 heavy (non-hydrogen) atoms. The molecule has 0 N–H and O–H groups in total. The summed E-state index contributed by atoms with van der Waals surface area (Å²) in [7, 11) is 1.68. The maximum atomic E-state index is 9.23. The molecule has 0 aromatic heterocycles. The van der Waals surface area contributed by atoms with Crippen LogP contribution in [0.2, 0.25) is 0 Å². The minimum atomic E-state index is -0.0104. The van der Waals surface area contributed by atoms with Gasteiger partial charge in [0, 0.05) is 5.56 Å². The van der Waals surface area contributed by atoms with Crippen LogP contribution in [0, 0.1) is 11.3 Å². The van der Waals surface area contributed by atoms with Gasteiger partial charge < -0.3 is 4.74 Å². The lowest BCUT2D eigenvalue weighted by atomic mass is 9.84. The van der Waals surface area contributed by atoms with Gasteiger partial charge in [0.15, 0.2) is 0 Å². The van der Waals surface area contributed by atoms with Crippen LogP contribution in [0.15, 0.2) is 23.8 Å². The summed E-state index contributed by atoms with van der Waals surface area (Å²) in [6, 6.07) is 8.22. The monoisotopic (exact) mass is 243 g/mol. The fraction of sp³-hybridized carbons (Fsp3) is 0.438. The zero-order valence-electron chi connectivity index (χ0n) is 12.1. The zero-order chi connectivity index (χ0) is 13.9. The smallest absolute Gasteiger partial charge is 0.122 e. The van der Waals surface area contributed by atoms with E-state index in [9.17, 15) is 5.26 Å². The van der Waals surface area contributed by atoms with Gasteiger partial charge in [-0.3, -0.25) is 0 Å². The van der Waals surface area contributed by atoms with E-state index in [4.69, 9.17) is 4.74 Å². The Labute approximate surface area is 110 Å². The van der Waals surface area contributed by atoms with Crippen LogP contribution in [-0.4, -0.2) is 7.11 Å². The van der Waals surface area contributed by atoms with Gasteiger partial charge in [-0.2, -0.15) is 5.26 Å². The second-order valence-electron chi connectivity index (χ2n) is 5.65. The van der Waals surface area contributed by atoms with Gasteiger partial charge in [0.2, 0.25) is 0 Å². The van der Waals surface area contributed by atoms with Gasteiger partial charge in [0.1, 0.15) is 5.75 Å². The van der Waals surface area contributed by atoms with E-state index in [-0.39, 0.29) is 5.41 Å². The van der Waals surface area contributed by atoms with Gasteiger partial charge >= 0.3 is 0 Å². The molecule has 0 atom stereocenters. The van der Waals surface area contributed by atoms with Crippen molar-refractivity contribution in [2.45, 2.75) is 40.0 Å². The van der Waals surface area contributed by atoms with Gasteiger partial charge in [0.25, 0.3) is 0 Å². The average Bonchev–Trinajstić information content (AvgIpc) is 2.28. The Balaban J connectivity index is 3.46. The first-order valence-corrected chi connectivity index (χ1v) is 6.07. The summed E-state index contributed by atoms with van der Waals surface area (Å²) < 4.78 is 5.40. The fourth-order valence-electron chi connectivity index (χ4n) is 1.91. The van der Waals surface area contributed by atoms with Crippen molar-refractivity contribution in [3.8, 4) is 11.8 Å². The van der Waals surface area contributed by atoms with Crippen LogP contribution in [-0.2, 0) is 5.41 Å². The standard InChI is InChI=1S/C16H21NO/c1-11(2)13(10-17)12-7-8-15(18-6)14(9-12)16(3,4)5/h7-9H,1-6H3. The highest BCUT2D eigenvalue weighted by atomic mass is 16.5. The van der Waals surface area contributed by atoms with Crippen molar-refractivity contribution >= 4 is 5.57 Å². The van der Waals surface area contributed by atoms with E-state index in [1.54, 1.807) is 7.11 Å². The largest absolute Gasteiger partial charge is 0.496 e. The minimum absolute atomic E-state index is 0.0104. The summed E-state index contributed by atoms with van der Waals surface area (Å²) in [6.45, 7) is 10.3. The molecule has 1 aromatic carbocycles. The maximum absolute atomic E-state index is 9.23. The Morgan fingerprint density at radius 1 is 1.22 bits per heavy atom. The Kier molecular flexibility index (Phi) is 4.19. The summed E-state index contributed by atoms with van der Waals surface area (Å²) in [5, 5.41) is 9.23. The van der Waals surface area contributed by atoms with Gasteiger partial charge in [-0.05, 0) is 43.0 Å². The Hall–Kier alpha value is -1.75. The Morgan fingerprint density at radius 3 is 2.22 bits per heavy atom. The SMILES string of the molecule is COc1ccc(C(C#N)=C(C)C)cc1C(C)(C)C. The number of hydrogen-bond donors (Lipinski definition) is 0. The molecule has 0 unspecified atom stereocenters. The molecule has 0 spiro atoms. The van der Waals surface area contributed by atoms with E-state index < -0.39 is 0 Å². The van der Waals surface area contributed by atoms with Crippen LogP contribution in [0.4, 0.5) is 0 Å². The van der Waals surface area contributed by atoms with Crippen LogP contribution in [0.1, 0.15) is 45.7 Å². The molecule has 0 saturated heterocycles. The molecule has 0 amide bonds. The highest BCUT2D eigenvalue weighted by Gasteiger charge is 2.20. The van der Waals surface area contributed by atoms with E-state index in [0.717, 1.165) is 28.0 Å². The molecule has 0 bridgehead atoms. The van der Waals surface area contributed by atoms with Gasteiger partial charge in [-0.15, -0.1) is 0 Å². The number of nitrogens with zero attached hydrogens (tertiary/aromatic N) is 1. The molecule has 1 rings (SSSR count). The molecule has 2 nitrogen and oxygen atoms in total. The number of hydrogen-bond acceptors (Lipinski definition) is 2. The number of ether oxygens (including phenoxy) is 1. The molecule has 2 heteroatoms. The highest BCUT2D eigenvalue weighted by molar-refractivity contribution is 5.79. The topological polar surface area (TPSA) is 33.0 Å². The lowest BCUT2D eigenvalue weighted by Crippen LogP contribution is -2.13. The van der Waals surface area contributed by atoms with Crippen LogP contribution in [0.25, 0.3) is 5.57 Å². The first-order chi connectivity index (χ1) is 8.31. The van der Waals surface area contributed by atoms with Gasteiger partial charge in [-0.1, -0.05) is 26.3 Å². The van der Waals surface area contributed by atoms with Crippen LogP contribution < -0.4 is 4.74 Å². The summed E-state index contributed by atoms with van der Waals surface area (Å²) in [5.74, 6) is 0.872. The normalized spacial score (nSPS) is 10.7. The number of methoxy groups -OCH3 is 1. The molecular formula is C16H21NO. The van der Waals surface area contributed by atoms with Gasteiger partial charge in [0.05, 0.1) is 18.8 Å². The van der Waals surface area contributed by atoms with Crippen LogP contribution in [0.3, 0.4) is 0 Å². The molecule has 96 valence electrons. The maximum Gasteiger partial charge on any atom is 0.122 e. The summed E-state index contributed by atoms with van der Waals surface area (Å²) >= 11 is 0. The first-order valence-electron chi connectivity index (χ1n) is 6.07. The third kappa shape index (κ3) is 2.92. The van der Waals surface area contributed by atoms with E-state index >= 15 is 0 Å². The molecule has 0 aliphatic heterocycles. The van der Waals surface area contributed by atoms with E-state index in [0.29, 0.717) is 0 Å². The first kappa shape index (κ1) is 14.3.